The number of carboxylic acid groups (broad SMARTS) is 1. The van der Waals surface area contributed by atoms with Crippen LogP contribution in [0.1, 0.15) is 25.6 Å². The number of rotatable bonds is 5. The maximum absolute atomic E-state index is 14.4. The smallest absolute Gasteiger partial charge is 0.345 e. The van der Waals surface area contributed by atoms with Crippen molar-refractivity contribution in [1.82, 2.24) is 4.57 Å². The van der Waals surface area contributed by atoms with E-state index in [2.05, 4.69) is 0 Å². The first-order valence-electron chi connectivity index (χ1n) is 9.18. The van der Waals surface area contributed by atoms with Crippen molar-refractivity contribution in [3.8, 4) is 22.6 Å². The number of halogens is 1. The van der Waals surface area contributed by atoms with Gasteiger partial charge >= 0.3 is 5.97 Å². The van der Waals surface area contributed by atoms with Gasteiger partial charge in [-0.1, -0.05) is 6.07 Å². The largest absolute Gasteiger partial charge is 0.477 e. The van der Waals surface area contributed by atoms with Crippen molar-refractivity contribution in [2.45, 2.75) is 6.92 Å². The Morgan fingerprint density at radius 2 is 1.87 bits per heavy atom. The molecule has 0 spiro atoms. The summed E-state index contributed by atoms with van der Waals surface area (Å²) in [6.45, 7) is 1.76. The van der Waals surface area contributed by atoms with E-state index in [4.69, 9.17) is 4.74 Å². The van der Waals surface area contributed by atoms with E-state index in [-0.39, 0.29) is 26.6 Å². The first-order valence-corrected chi connectivity index (χ1v) is 10.00. The number of pyridine rings is 1. The van der Waals surface area contributed by atoms with Crippen LogP contribution in [0.25, 0.3) is 21.2 Å². The highest BCUT2D eigenvalue weighted by Gasteiger charge is 2.19. The molecule has 8 heteroatoms. The van der Waals surface area contributed by atoms with Crippen molar-refractivity contribution in [2.24, 2.45) is 7.05 Å². The highest BCUT2D eigenvalue weighted by atomic mass is 32.1. The Kier molecular flexibility index (Phi) is 5.16. The molecule has 0 fully saturated rings. The number of ether oxygens (including phenoxy) is 1. The molecule has 0 aliphatic carbocycles. The number of hydrogen-bond acceptors (Lipinski definition) is 5. The van der Waals surface area contributed by atoms with Gasteiger partial charge in [-0.3, -0.25) is 9.59 Å². The SMILES string of the molecule is Cc1ccc(Oc2ccc(C=O)cc2-c2cn(C)c(=O)c3sc(C(=O)O)cc23)c(F)c1. The van der Waals surface area contributed by atoms with Gasteiger partial charge in [-0.15, -0.1) is 11.3 Å². The van der Waals surface area contributed by atoms with Gasteiger partial charge in [-0.05, 0) is 48.9 Å². The zero-order valence-electron chi connectivity index (χ0n) is 16.5. The molecular weight excluding hydrogens is 421 g/mol. The molecule has 0 atom stereocenters. The van der Waals surface area contributed by atoms with Crippen LogP contribution in [0, 0.1) is 12.7 Å². The molecule has 0 aliphatic rings. The number of fused-ring (bicyclic) bond motifs is 1. The van der Waals surface area contributed by atoms with Gasteiger partial charge in [0.15, 0.2) is 11.6 Å². The highest BCUT2D eigenvalue weighted by molar-refractivity contribution is 7.20. The normalized spacial score (nSPS) is 10.9. The molecule has 0 saturated carbocycles. The van der Waals surface area contributed by atoms with E-state index in [0.717, 1.165) is 16.9 Å². The Bertz CT molecular complexity index is 1420. The molecule has 0 bridgehead atoms. The number of nitrogens with zero attached hydrogens (tertiary/aromatic N) is 1. The number of carbonyl (C=O) groups excluding carboxylic acids is 1. The minimum atomic E-state index is -1.14. The van der Waals surface area contributed by atoms with Crippen LogP contribution < -0.4 is 10.3 Å². The lowest BCUT2D eigenvalue weighted by atomic mass is 10.0. The van der Waals surface area contributed by atoms with Crippen molar-refractivity contribution in [2.75, 3.05) is 0 Å². The van der Waals surface area contributed by atoms with Crippen LogP contribution in [0.3, 0.4) is 0 Å². The lowest BCUT2D eigenvalue weighted by molar-refractivity contribution is 0.0702. The topological polar surface area (TPSA) is 85.6 Å². The predicted octanol–water partition coefficient (Wildman–Crippen LogP) is 5.02. The second-order valence-electron chi connectivity index (χ2n) is 7.03. The van der Waals surface area contributed by atoms with E-state index in [9.17, 15) is 23.9 Å². The van der Waals surface area contributed by atoms with Crippen LogP contribution in [0.5, 0.6) is 11.5 Å². The molecule has 2 aromatic heterocycles. The molecular formula is C23H16FNO5S. The van der Waals surface area contributed by atoms with Gasteiger partial charge in [0.2, 0.25) is 0 Å². The quantitative estimate of drug-likeness (QED) is 0.443. The van der Waals surface area contributed by atoms with Gasteiger partial charge in [0.25, 0.3) is 5.56 Å². The number of benzene rings is 2. The number of carbonyl (C=O) groups is 2. The maximum Gasteiger partial charge on any atom is 0.345 e. The number of aldehydes is 1. The van der Waals surface area contributed by atoms with Gasteiger partial charge < -0.3 is 14.4 Å². The lowest BCUT2D eigenvalue weighted by Gasteiger charge is -2.14. The first-order chi connectivity index (χ1) is 14.8. The fraction of sp³-hybridized carbons (Fsp3) is 0.0870. The number of carboxylic acids is 1. The third-order valence-electron chi connectivity index (χ3n) is 4.81. The molecule has 6 nitrogen and oxygen atoms in total. The Labute approximate surface area is 179 Å². The Morgan fingerprint density at radius 1 is 1.13 bits per heavy atom. The summed E-state index contributed by atoms with van der Waals surface area (Å²) in [4.78, 5) is 35.5. The molecule has 4 aromatic rings. The maximum atomic E-state index is 14.4. The van der Waals surface area contributed by atoms with Crippen molar-refractivity contribution in [3.05, 3.63) is 80.8 Å². The fourth-order valence-corrected chi connectivity index (χ4v) is 4.27. The molecule has 0 saturated heterocycles. The molecule has 2 heterocycles. The third kappa shape index (κ3) is 3.73. The van der Waals surface area contributed by atoms with Gasteiger partial charge in [0.1, 0.15) is 21.6 Å². The minimum absolute atomic E-state index is 0.00307. The van der Waals surface area contributed by atoms with Gasteiger partial charge in [0.05, 0.1) is 0 Å². The molecule has 156 valence electrons. The first kappa shape index (κ1) is 20.5. The monoisotopic (exact) mass is 437 g/mol. The Morgan fingerprint density at radius 3 is 2.55 bits per heavy atom. The van der Waals surface area contributed by atoms with E-state index >= 15 is 0 Å². The van der Waals surface area contributed by atoms with Gasteiger partial charge in [-0.25, -0.2) is 9.18 Å². The Hall–Kier alpha value is -3.78. The summed E-state index contributed by atoms with van der Waals surface area (Å²) in [5, 5.41) is 9.80. The average Bonchev–Trinajstić information content (AvgIpc) is 3.19. The predicted molar refractivity (Wildman–Crippen MR) is 116 cm³/mol. The van der Waals surface area contributed by atoms with E-state index in [1.54, 1.807) is 38.4 Å². The van der Waals surface area contributed by atoms with Crippen LogP contribution in [0.15, 0.2) is 53.5 Å². The highest BCUT2D eigenvalue weighted by Crippen LogP contribution is 2.39. The van der Waals surface area contributed by atoms with Crippen LogP contribution in [-0.4, -0.2) is 21.9 Å². The van der Waals surface area contributed by atoms with E-state index < -0.39 is 11.8 Å². The summed E-state index contributed by atoms with van der Waals surface area (Å²) in [6.07, 6.45) is 2.21. The number of thiophene rings is 1. The second-order valence-corrected chi connectivity index (χ2v) is 8.08. The molecule has 0 aliphatic heterocycles. The molecule has 0 amide bonds. The molecule has 1 N–H and O–H groups in total. The van der Waals surface area contributed by atoms with Crippen molar-refractivity contribution in [1.29, 1.82) is 0 Å². The summed E-state index contributed by atoms with van der Waals surface area (Å²) in [5.41, 5.74) is 1.67. The minimum Gasteiger partial charge on any atom is -0.477 e. The van der Waals surface area contributed by atoms with Crippen molar-refractivity contribution >= 4 is 33.7 Å². The third-order valence-corrected chi connectivity index (χ3v) is 5.92. The molecule has 2 aromatic carbocycles. The number of hydrogen-bond donors (Lipinski definition) is 1. The van der Waals surface area contributed by atoms with Crippen LogP contribution in [0.2, 0.25) is 0 Å². The summed E-state index contributed by atoms with van der Waals surface area (Å²) in [5.74, 6) is -1.42. The van der Waals surface area contributed by atoms with E-state index in [1.807, 2.05) is 0 Å². The summed E-state index contributed by atoms with van der Waals surface area (Å²) < 4.78 is 21.8. The molecule has 31 heavy (non-hydrogen) atoms. The average molecular weight is 437 g/mol. The van der Waals surface area contributed by atoms with Crippen molar-refractivity contribution < 1.29 is 23.8 Å². The number of aryl methyl sites for hydroxylation is 2. The van der Waals surface area contributed by atoms with Crippen molar-refractivity contribution in [3.63, 3.8) is 0 Å². The van der Waals surface area contributed by atoms with Crippen LogP contribution in [0.4, 0.5) is 4.39 Å². The number of aromatic nitrogens is 1. The van der Waals surface area contributed by atoms with Gasteiger partial charge in [0, 0.05) is 35.3 Å². The number of aromatic carboxylic acids is 1. The zero-order chi connectivity index (χ0) is 22.3. The Balaban J connectivity index is 1.98. The molecule has 0 radical (unpaired) electrons. The zero-order valence-corrected chi connectivity index (χ0v) is 17.3. The summed E-state index contributed by atoms with van der Waals surface area (Å²) >= 11 is 0.876. The fourth-order valence-electron chi connectivity index (χ4n) is 3.28. The van der Waals surface area contributed by atoms with E-state index in [0.29, 0.717) is 28.4 Å². The second kappa shape index (κ2) is 7.81. The molecule has 0 unspecified atom stereocenters. The van der Waals surface area contributed by atoms with E-state index in [1.165, 1.54) is 28.8 Å². The van der Waals surface area contributed by atoms with Crippen LogP contribution in [-0.2, 0) is 7.05 Å². The summed E-state index contributed by atoms with van der Waals surface area (Å²) in [6, 6.07) is 10.6. The standard InChI is InChI=1S/C23H16FNO5S/c1-12-3-5-19(17(24)7-12)30-18-6-4-13(11-26)8-14(18)16-10-25(2)22(27)21-15(16)9-20(31-21)23(28)29/h3-11H,1-2H3,(H,28,29). The lowest BCUT2D eigenvalue weighted by Crippen LogP contribution is -2.15. The van der Waals surface area contributed by atoms with Crippen LogP contribution >= 0.6 is 11.3 Å². The molecule has 4 rings (SSSR count). The van der Waals surface area contributed by atoms with Gasteiger partial charge in [-0.2, -0.15) is 0 Å². The summed E-state index contributed by atoms with van der Waals surface area (Å²) in [7, 11) is 1.55.